The first-order valence-corrected chi connectivity index (χ1v) is 15.1. The number of ether oxygens (including phenoxy) is 1. The molecule has 208 valence electrons. The molecule has 1 spiro atoms. The standard InChI is InChI=1S/C33H40ClNO4/c1-21-7-8-22(21)4-2-6-30(36)27-12-9-25(27)18-35-19-33(15-3-5-23-16-26(34)11-13-28(23)33)20-39-31-14-10-24(32(37)38)17-29(31)35/h2,6,10-11,13-14,16-17,21-22,25,27,30,36H,3-5,7-9,12,15,18-20H2,1H3,(H,37,38)/b6-2+/t21-,22-,25+,27-,30+,33+/m1/s1. The number of allylic oxidation sites excluding steroid dienone is 1. The summed E-state index contributed by atoms with van der Waals surface area (Å²) in [6.45, 7) is 4.41. The SMILES string of the molecule is C[C@@H]1CC[C@H]1C/C=C/[C@H](O)[C@@H]1CC[C@H]1CN1C[C@@]2(CCCc3cc(Cl)ccc32)COc2ccc(C(=O)O)cc21. The smallest absolute Gasteiger partial charge is 0.335 e. The van der Waals surface area contributed by atoms with Gasteiger partial charge in [-0.3, -0.25) is 0 Å². The summed E-state index contributed by atoms with van der Waals surface area (Å²) >= 11 is 6.37. The number of anilines is 1. The van der Waals surface area contributed by atoms with E-state index in [0.29, 0.717) is 12.5 Å². The zero-order valence-electron chi connectivity index (χ0n) is 22.8. The lowest BCUT2D eigenvalue weighted by atomic mass is 9.68. The fourth-order valence-electron chi connectivity index (χ4n) is 7.42. The number of rotatable bonds is 7. The molecule has 2 fully saturated rings. The zero-order valence-corrected chi connectivity index (χ0v) is 23.6. The topological polar surface area (TPSA) is 70.0 Å². The summed E-state index contributed by atoms with van der Waals surface area (Å²) in [6.07, 6.45) is 12.7. The Labute approximate surface area is 236 Å². The van der Waals surface area contributed by atoms with Crippen LogP contribution in [-0.2, 0) is 11.8 Å². The summed E-state index contributed by atoms with van der Waals surface area (Å²) in [5, 5.41) is 21.6. The molecule has 2 aromatic rings. The van der Waals surface area contributed by atoms with E-state index in [4.69, 9.17) is 16.3 Å². The number of aromatic carboxylic acids is 1. The molecule has 3 aliphatic carbocycles. The van der Waals surface area contributed by atoms with Gasteiger partial charge in [-0.05, 0) is 110 Å². The van der Waals surface area contributed by atoms with E-state index in [1.165, 1.54) is 24.0 Å². The van der Waals surface area contributed by atoms with Crippen LogP contribution >= 0.6 is 11.6 Å². The highest BCUT2D eigenvalue weighted by atomic mass is 35.5. The number of hydrogen-bond acceptors (Lipinski definition) is 4. The number of aryl methyl sites for hydroxylation is 1. The largest absolute Gasteiger partial charge is 0.490 e. The van der Waals surface area contributed by atoms with Crippen molar-refractivity contribution in [1.82, 2.24) is 0 Å². The number of carboxylic acids is 1. The molecule has 4 aliphatic rings. The molecule has 2 saturated carbocycles. The van der Waals surface area contributed by atoms with E-state index >= 15 is 0 Å². The van der Waals surface area contributed by atoms with Gasteiger partial charge in [-0.2, -0.15) is 0 Å². The van der Waals surface area contributed by atoms with Crippen LogP contribution in [0.25, 0.3) is 0 Å². The van der Waals surface area contributed by atoms with Gasteiger partial charge in [-0.25, -0.2) is 4.79 Å². The summed E-state index contributed by atoms with van der Waals surface area (Å²) in [6, 6.07) is 11.5. The molecule has 39 heavy (non-hydrogen) atoms. The normalized spacial score (nSPS) is 30.5. The first-order chi connectivity index (χ1) is 18.8. The first-order valence-electron chi connectivity index (χ1n) is 14.7. The fraction of sp³-hybridized carbons (Fsp3) is 0.545. The monoisotopic (exact) mass is 549 g/mol. The quantitative estimate of drug-likeness (QED) is 0.368. The van der Waals surface area contributed by atoms with Crippen LogP contribution < -0.4 is 9.64 Å². The molecule has 5 nitrogen and oxygen atoms in total. The van der Waals surface area contributed by atoms with Crippen molar-refractivity contribution < 1.29 is 19.7 Å². The number of carbonyl (C=O) groups is 1. The third kappa shape index (κ3) is 5.20. The average Bonchev–Trinajstić information content (AvgIpc) is 3.05. The van der Waals surface area contributed by atoms with E-state index in [1.54, 1.807) is 12.1 Å². The Bertz CT molecular complexity index is 1260. The van der Waals surface area contributed by atoms with Crippen LogP contribution in [0, 0.1) is 23.7 Å². The average molecular weight is 550 g/mol. The summed E-state index contributed by atoms with van der Waals surface area (Å²) in [5.74, 6) is 1.95. The molecule has 2 aromatic carbocycles. The lowest BCUT2D eigenvalue weighted by Gasteiger charge is -2.45. The van der Waals surface area contributed by atoms with E-state index in [0.717, 1.165) is 79.9 Å². The first kappa shape index (κ1) is 26.7. The second-order valence-corrected chi connectivity index (χ2v) is 13.0. The molecule has 0 saturated heterocycles. The van der Waals surface area contributed by atoms with Gasteiger partial charge in [-0.1, -0.05) is 43.2 Å². The summed E-state index contributed by atoms with van der Waals surface area (Å²) in [4.78, 5) is 14.2. The van der Waals surface area contributed by atoms with Crippen LogP contribution in [0.2, 0.25) is 5.02 Å². The van der Waals surface area contributed by atoms with Crippen LogP contribution in [0.15, 0.2) is 48.6 Å². The molecule has 6 heteroatoms. The molecule has 6 atom stereocenters. The van der Waals surface area contributed by atoms with E-state index < -0.39 is 12.1 Å². The maximum Gasteiger partial charge on any atom is 0.335 e. The zero-order chi connectivity index (χ0) is 27.1. The maximum absolute atomic E-state index is 11.9. The van der Waals surface area contributed by atoms with Gasteiger partial charge in [0.1, 0.15) is 5.75 Å². The molecule has 2 N–H and O–H groups in total. The minimum Gasteiger partial charge on any atom is -0.490 e. The molecule has 0 bridgehead atoms. The number of nitrogens with zero attached hydrogens (tertiary/aromatic N) is 1. The predicted octanol–water partition coefficient (Wildman–Crippen LogP) is 6.89. The van der Waals surface area contributed by atoms with E-state index in [1.807, 2.05) is 18.2 Å². The maximum atomic E-state index is 11.9. The summed E-state index contributed by atoms with van der Waals surface area (Å²) < 4.78 is 6.47. The lowest BCUT2D eigenvalue weighted by Crippen LogP contribution is -2.49. The number of benzene rings is 2. The minimum absolute atomic E-state index is 0.197. The van der Waals surface area contributed by atoms with Gasteiger partial charge in [0.05, 0.1) is 24.0 Å². The Kier molecular flexibility index (Phi) is 7.41. The van der Waals surface area contributed by atoms with Gasteiger partial charge in [0.15, 0.2) is 0 Å². The van der Waals surface area contributed by atoms with Gasteiger partial charge < -0.3 is 19.8 Å². The van der Waals surface area contributed by atoms with E-state index in [2.05, 4.69) is 30.0 Å². The lowest BCUT2D eigenvalue weighted by molar-refractivity contribution is 0.0454. The molecular formula is C33H40ClNO4. The van der Waals surface area contributed by atoms with Crippen LogP contribution in [0.4, 0.5) is 5.69 Å². The van der Waals surface area contributed by atoms with Crippen molar-refractivity contribution in [2.24, 2.45) is 23.7 Å². The van der Waals surface area contributed by atoms with Crippen LogP contribution in [0.1, 0.15) is 73.4 Å². The molecule has 0 amide bonds. The molecular weight excluding hydrogens is 510 g/mol. The second-order valence-electron chi connectivity index (χ2n) is 12.6. The van der Waals surface area contributed by atoms with Crippen molar-refractivity contribution in [2.45, 2.75) is 69.8 Å². The molecule has 1 heterocycles. The van der Waals surface area contributed by atoms with E-state index in [-0.39, 0.29) is 16.9 Å². The van der Waals surface area contributed by atoms with Gasteiger partial charge >= 0.3 is 5.97 Å². The predicted molar refractivity (Wildman–Crippen MR) is 155 cm³/mol. The third-order valence-corrected chi connectivity index (χ3v) is 10.5. The minimum atomic E-state index is -0.933. The van der Waals surface area contributed by atoms with Crippen molar-refractivity contribution in [3.05, 3.63) is 70.3 Å². The number of halogens is 1. The molecule has 0 unspecified atom stereocenters. The fourth-order valence-corrected chi connectivity index (χ4v) is 7.62. The summed E-state index contributed by atoms with van der Waals surface area (Å²) in [5.41, 5.74) is 3.51. The van der Waals surface area contributed by atoms with Crippen molar-refractivity contribution in [2.75, 3.05) is 24.6 Å². The van der Waals surface area contributed by atoms with Crippen LogP contribution in [0.3, 0.4) is 0 Å². The van der Waals surface area contributed by atoms with Gasteiger partial charge in [0.25, 0.3) is 0 Å². The number of aliphatic hydroxyl groups excluding tert-OH is 1. The Hall–Kier alpha value is -2.50. The van der Waals surface area contributed by atoms with Crippen LogP contribution in [0.5, 0.6) is 5.75 Å². The number of fused-ring (bicyclic) bond motifs is 3. The highest BCUT2D eigenvalue weighted by Gasteiger charge is 2.44. The van der Waals surface area contributed by atoms with Gasteiger partial charge in [-0.15, -0.1) is 0 Å². The number of hydrogen-bond donors (Lipinski definition) is 2. The Morgan fingerprint density at radius 2 is 2.03 bits per heavy atom. The molecule has 0 aromatic heterocycles. The number of aliphatic hydroxyl groups is 1. The number of carboxylic acid groups (broad SMARTS) is 1. The summed E-state index contributed by atoms with van der Waals surface area (Å²) in [7, 11) is 0. The van der Waals surface area contributed by atoms with E-state index in [9.17, 15) is 15.0 Å². The Balaban J connectivity index is 1.26. The Morgan fingerprint density at radius 1 is 1.18 bits per heavy atom. The Morgan fingerprint density at radius 3 is 2.74 bits per heavy atom. The van der Waals surface area contributed by atoms with Gasteiger partial charge in [0, 0.05) is 23.5 Å². The van der Waals surface area contributed by atoms with Crippen molar-refractivity contribution in [3.8, 4) is 5.75 Å². The van der Waals surface area contributed by atoms with Gasteiger partial charge in [0.2, 0.25) is 0 Å². The van der Waals surface area contributed by atoms with Crippen molar-refractivity contribution in [3.63, 3.8) is 0 Å². The second kappa shape index (κ2) is 10.8. The van der Waals surface area contributed by atoms with Crippen molar-refractivity contribution >= 4 is 23.3 Å². The molecule has 0 radical (unpaired) electrons. The van der Waals surface area contributed by atoms with Crippen molar-refractivity contribution in [1.29, 1.82) is 0 Å². The molecule has 1 aliphatic heterocycles. The molecule has 6 rings (SSSR count). The third-order valence-electron chi connectivity index (χ3n) is 10.2. The highest BCUT2D eigenvalue weighted by Crippen LogP contribution is 2.47. The highest BCUT2D eigenvalue weighted by molar-refractivity contribution is 6.30. The van der Waals surface area contributed by atoms with Crippen LogP contribution in [-0.4, -0.2) is 42.0 Å².